The van der Waals surface area contributed by atoms with E-state index in [0.717, 1.165) is 101 Å². The molecule has 0 heterocycles. The molecule has 0 saturated carbocycles. The van der Waals surface area contributed by atoms with Gasteiger partial charge in [0, 0.05) is 39.4 Å². The van der Waals surface area contributed by atoms with Gasteiger partial charge in [-0.3, -0.25) is 0 Å². The molecular weight excluding hydrogens is 833 g/mol. The van der Waals surface area contributed by atoms with Gasteiger partial charge in [-0.05, 0) is 168 Å². The first-order valence-corrected chi connectivity index (χ1v) is 33.3. The average Bonchev–Trinajstić information content (AvgIpc) is 3.30. The zero-order valence-corrected chi connectivity index (χ0v) is 47.4. The molecule has 0 N–H and O–H groups in total. The molecule has 0 radical (unpaired) electrons. The molecule has 0 aliphatic carbocycles. The van der Waals surface area contributed by atoms with Gasteiger partial charge < -0.3 is 27.1 Å². The summed E-state index contributed by atoms with van der Waals surface area (Å²) in [4.78, 5) is 2.57. The monoisotopic (exact) mass is 948 g/mol. The first-order chi connectivity index (χ1) is 31.6. The van der Waals surface area contributed by atoms with E-state index in [4.69, 9.17) is 17.7 Å². The molecule has 0 aliphatic rings. The Morgan fingerprint density at radius 2 is 0.662 bits per heavy atom. The van der Waals surface area contributed by atoms with Crippen LogP contribution in [0.1, 0.15) is 221 Å². The van der Waals surface area contributed by atoms with Crippen molar-refractivity contribution < 1.29 is 22.2 Å². The first-order valence-electron chi connectivity index (χ1n) is 28.3. The van der Waals surface area contributed by atoms with Crippen LogP contribution in [0.15, 0.2) is 48.6 Å². The van der Waals surface area contributed by atoms with Crippen LogP contribution in [0.4, 0.5) is 0 Å². The van der Waals surface area contributed by atoms with E-state index < -0.39 is 17.1 Å². The van der Waals surface area contributed by atoms with Crippen molar-refractivity contribution >= 4 is 17.1 Å². The van der Waals surface area contributed by atoms with Gasteiger partial charge in [0.05, 0.1) is 26.7 Å². The van der Waals surface area contributed by atoms with Crippen molar-refractivity contribution in [2.75, 3.05) is 73.2 Å². The third kappa shape index (κ3) is 43.0. The molecule has 6 nitrogen and oxygen atoms in total. The fourth-order valence-corrected chi connectivity index (χ4v) is 13.2. The van der Waals surface area contributed by atoms with Crippen LogP contribution in [0.3, 0.4) is 0 Å². The fourth-order valence-electron chi connectivity index (χ4n) is 8.35. The minimum atomic E-state index is -2.21. The van der Waals surface area contributed by atoms with E-state index in [-0.39, 0.29) is 0 Å². The predicted molar refractivity (Wildman–Crippen MR) is 294 cm³/mol. The number of unbranched alkanes of at least 4 members (excludes halogenated alkanes) is 18. The number of allylic oxidation sites excluding steroid dienone is 8. The first kappa shape index (κ1) is 64.2. The minimum absolute atomic E-state index is 0.825. The van der Waals surface area contributed by atoms with E-state index in [1.54, 1.807) is 0 Å². The summed E-state index contributed by atoms with van der Waals surface area (Å²) in [5.74, 6) is 0. The van der Waals surface area contributed by atoms with E-state index in [0.29, 0.717) is 0 Å². The summed E-state index contributed by atoms with van der Waals surface area (Å²) in [7, 11) is 0.396. The van der Waals surface area contributed by atoms with Crippen molar-refractivity contribution in [3.8, 4) is 0 Å². The summed E-state index contributed by atoms with van der Waals surface area (Å²) < 4.78 is 27.8. The molecule has 0 saturated heterocycles. The minimum Gasteiger partial charge on any atom is -0.394 e. The molecule has 1 unspecified atom stereocenters. The van der Waals surface area contributed by atoms with Gasteiger partial charge >= 0.3 is 17.1 Å². The second-order valence-electron chi connectivity index (χ2n) is 20.1. The molecule has 0 rings (SSSR count). The molecule has 0 amide bonds. The van der Waals surface area contributed by atoms with Gasteiger partial charge in [-0.1, -0.05) is 134 Å². The van der Waals surface area contributed by atoms with Crippen molar-refractivity contribution in [3.63, 3.8) is 0 Å². The van der Waals surface area contributed by atoms with E-state index >= 15 is 0 Å². The van der Waals surface area contributed by atoms with Crippen LogP contribution in [-0.2, 0) is 17.7 Å². The van der Waals surface area contributed by atoms with Gasteiger partial charge in [-0.2, -0.15) is 0 Å². The number of hydrogen-bond donors (Lipinski definition) is 0. The van der Waals surface area contributed by atoms with E-state index in [1.165, 1.54) is 161 Å². The maximum absolute atomic E-state index is 6.68. The Morgan fingerprint density at radius 3 is 0.985 bits per heavy atom. The number of rotatable bonds is 51. The molecule has 8 heteroatoms. The summed E-state index contributed by atoms with van der Waals surface area (Å²) in [6, 6.07) is 2.20. The summed E-state index contributed by atoms with van der Waals surface area (Å²) in [5, 5.41) is 0. The Bertz CT molecular complexity index is 1060. The average molecular weight is 949 g/mol. The van der Waals surface area contributed by atoms with Gasteiger partial charge in [0.25, 0.3) is 0 Å². The number of hydrogen-bond acceptors (Lipinski definition) is 5. The highest BCUT2D eigenvalue weighted by molar-refractivity contribution is 6.66. The normalized spacial score (nSPS) is 13.9. The van der Waals surface area contributed by atoms with Gasteiger partial charge in [0.2, 0.25) is 0 Å². The quantitative estimate of drug-likeness (QED) is 0.0263. The van der Waals surface area contributed by atoms with Gasteiger partial charge in [-0.15, -0.1) is 0 Å². The van der Waals surface area contributed by atoms with Crippen LogP contribution in [0.5, 0.6) is 0 Å². The van der Waals surface area contributed by atoms with Crippen molar-refractivity contribution in [1.82, 2.24) is 4.90 Å². The van der Waals surface area contributed by atoms with E-state index in [1.807, 2.05) is 0 Å². The van der Waals surface area contributed by atoms with Crippen LogP contribution in [-0.4, -0.2) is 99.8 Å². The lowest BCUT2D eigenvalue weighted by Gasteiger charge is -2.34. The number of quaternary nitrogens is 1. The molecule has 0 aliphatic heterocycles. The molecule has 65 heavy (non-hydrogen) atoms. The molecule has 0 aromatic rings. The lowest BCUT2D eigenvalue weighted by atomic mass is 10.2. The smallest absolute Gasteiger partial charge is 0.334 e. The number of nitrogens with zero attached hydrogens (tertiary/aromatic N) is 2. The molecule has 384 valence electrons. The molecular formula is C57H115N2O4Si2+. The topological polar surface area (TPSA) is 40.2 Å². The molecule has 1 atom stereocenters. The van der Waals surface area contributed by atoms with E-state index in [9.17, 15) is 0 Å². The second kappa shape index (κ2) is 46.9. The lowest BCUT2D eigenvalue weighted by Crippen LogP contribution is -2.46. The SMILES string of the molecule is CCCCC/C=C\CCCO[Si](C)(CCCCN(C)CCC[N+](C)(CC)CCCC[Si](C)(OCCC/C=C\CCCCC)OCCC/C=C\CCCCC)OCCC/C=C\CCCCC. The second-order valence-corrected chi connectivity index (χ2v) is 26.7. The third-order valence-corrected chi connectivity index (χ3v) is 19.0. The zero-order chi connectivity index (χ0) is 47.8. The van der Waals surface area contributed by atoms with Crippen molar-refractivity contribution in [1.29, 1.82) is 0 Å². The van der Waals surface area contributed by atoms with Crippen LogP contribution in [0.25, 0.3) is 0 Å². The van der Waals surface area contributed by atoms with Crippen molar-refractivity contribution in [2.24, 2.45) is 0 Å². The summed E-state index contributed by atoms with van der Waals surface area (Å²) >= 11 is 0. The maximum Gasteiger partial charge on any atom is 0.334 e. The Balaban J connectivity index is 4.86. The summed E-state index contributed by atoms with van der Waals surface area (Å²) in [6.45, 7) is 25.5. The highest BCUT2D eigenvalue weighted by Gasteiger charge is 2.32. The highest BCUT2D eigenvalue weighted by Crippen LogP contribution is 2.22. The molecule has 0 aromatic carbocycles. The Kier molecular flexibility index (Phi) is 46.3. The molecule has 0 spiro atoms. The fraction of sp³-hybridized carbons (Fsp3) is 0.860. The largest absolute Gasteiger partial charge is 0.394 e. The Hall–Kier alpha value is -0.846. The van der Waals surface area contributed by atoms with Crippen molar-refractivity contribution in [2.45, 2.75) is 246 Å². The lowest BCUT2D eigenvalue weighted by molar-refractivity contribution is -0.908. The third-order valence-electron chi connectivity index (χ3n) is 13.3. The Morgan fingerprint density at radius 1 is 0.369 bits per heavy atom. The van der Waals surface area contributed by atoms with Crippen LogP contribution in [0.2, 0.25) is 25.2 Å². The van der Waals surface area contributed by atoms with Gasteiger partial charge in [0.15, 0.2) is 0 Å². The molecule has 0 bridgehead atoms. The van der Waals surface area contributed by atoms with Gasteiger partial charge in [-0.25, -0.2) is 0 Å². The predicted octanol–water partition coefficient (Wildman–Crippen LogP) is 17.2. The van der Waals surface area contributed by atoms with Gasteiger partial charge in [0.1, 0.15) is 0 Å². The van der Waals surface area contributed by atoms with E-state index in [2.05, 4.69) is 115 Å². The van der Waals surface area contributed by atoms with Crippen molar-refractivity contribution in [3.05, 3.63) is 48.6 Å². The summed E-state index contributed by atoms with van der Waals surface area (Å²) in [6.07, 6.45) is 54.5. The molecule has 0 aromatic heterocycles. The van der Waals surface area contributed by atoms with Crippen LogP contribution in [0, 0.1) is 0 Å². The van der Waals surface area contributed by atoms with Crippen LogP contribution < -0.4 is 0 Å². The molecule has 0 fully saturated rings. The standard InChI is InChI=1S/C57H115N2O4Si2/c1-10-15-19-23-27-31-35-41-52-60-64(8,61-53-42-36-32-28-24-20-16-11-2)56-45-39-48-58(6)49-47-51-59(7,14-5)50-40-46-57-65(9,62-54-43-37-33-29-25-21-17-12-3)63-55-44-38-34-30-26-22-18-13-4/h27-34H,10-26,35-57H2,1-9H3/q+1/b31-27-,32-28-,33-29-,34-30-. The zero-order valence-electron chi connectivity index (χ0n) is 45.4. The maximum atomic E-state index is 6.68. The highest BCUT2D eigenvalue weighted by atomic mass is 28.4. The Labute approximate surface area is 410 Å². The summed E-state index contributed by atoms with van der Waals surface area (Å²) in [5.41, 5.74) is 0. The van der Waals surface area contributed by atoms with Crippen LogP contribution >= 0.6 is 0 Å².